The van der Waals surface area contributed by atoms with Crippen LogP contribution in [0.4, 0.5) is 0 Å². The number of benzene rings is 1. The third-order valence-corrected chi connectivity index (χ3v) is 5.80. The monoisotopic (exact) mass is 359 g/mol. The van der Waals surface area contributed by atoms with Gasteiger partial charge in [-0.2, -0.15) is 9.61 Å². The number of fused-ring (bicyclic) bond motifs is 2. The highest BCUT2D eigenvalue weighted by Crippen LogP contribution is 2.38. The summed E-state index contributed by atoms with van der Waals surface area (Å²) in [5.41, 5.74) is 3.95. The summed E-state index contributed by atoms with van der Waals surface area (Å²) < 4.78 is 1.87. The van der Waals surface area contributed by atoms with E-state index < -0.39 is 0 Å². The smallest absolute Gasteiger partial charge is 0.177 e. The molecule has 128 valence electrons. The first-order valence-corrected chi connectivity index (χ1v) is 9.56. The van der Waals surface area contributed by atoms with E-state index in [9.17, 15) is 0 Å². The van der Waals surface area contributed by atoms with Crippen molar-refractivity contribution in [2.45, 2.75) is 25.0 Å². The summed E-state index contributed by atoms with van der Waals surface area (Å²) in [4.78, 5) is 5.62. The van der Waals surface area contributed by atoms with Crippen molar-refractivity contribution in [2.24, 2.45) is 0 Å². The second-order valence-corrected chi connectivity index (χ2v) is 8.02. The fourth-order valence-electron chi connectivity index (χ4n) is 3.24. The van der Waals surface area contributed by atoms with Crippen molar-refractivity contribution in [3.8, 4) is 0 Å². The fourth-order valence-corrected chi connectivity index (χ4v) is 4.29. The van der Waals surface area contributed by atoms with Crippen LogP contribution in [-0.4, -0.2) is 30.0 Å². The quantitative estimate of drug-likeness (QED) is 0.550. The molecule has 5 nitrogen and oxygen atoms in total. The van der Waals surface area contributed by atoms with Gasteiger partial charge in [0.1, 0.15) is 0 Å². The standard InChI is InChI=1S/C20H17N5S/c1-13-4-8-18(26-13)17-7-9-19-22-23-20(25(19)24-17)12-14-5-6-16-15(11-14)3-2-10-21-16/h2-3,5-11,13H,4,12H2,1H3. The molecular formula is C20H17N5S. The molecule has 1 aromatic carbocycles. The van der Waals surface area contributed by atoms with Crippen LogP contribution in [0.15, 0.2) is 54.7 Å². The number of hydrogen-bond donors (Lipinski definition) is 0. The molecule has 0 fully saturated rings. The van der Waals surface area contributed by atoms with Crippen molar-refractivity contribution in [3.63, 3.8) is 0 Å². The van der Waals surface area contributed by atoms with Crippen LogP contribution in [0.25, 0.3) is 21.5 Å². The first kappa shape index (κ1) is 15.5. The molecule has 5 rings (SSSR count). The van der Waals surface area contributed by atoms with Gasteiger partial charge in [0.25, 0.3) is 0 Å². The average Bonchev–Trinajstić information content (AvgIpc) is 3.28. The molecular weight excluding hydrogens is 342 g/mol. The minimum absolute atomic E-state index is 0.620. The van der Waals surface area contributed by atoms with Crippen molar-refractivity contribution in [1.82, 2.24) is 24.8 Å². The Kier molecular flexibility index (Phi) is 3.71. The van der Waals surface area contributed by atoms with E-state index in [1.807, 2.05) is 46.7 Å². The topological polar surface area (TPSA) is 56.0 Å². The lowest BCUT2D eigenvalue weighted by atomic mass is 10.1. The van der Waals surface area contributed by atoms with Crippen molar-refractivity contribution in [1.29, 1.82) is 0 Å². The molecule has 3 aromatic heterocycles. The van der Waals surface area contributed by atoms with Crippen LogP contribution in [0.1, 0.15) is 30.4 Å². The zero-order valence-electron chi connectivity index (χ0n) is 14.3. The van der Waals surface area contributed by atoms with E-state index in [0.29, 0.717) is 11.7 Å². The summed E-state index contributed by atoms with van der Waals surface area (Å²) in [6, 6.07) is 14.4. The van der Waals surface area contributed by atoms with E-state index in [2.05, 4.69) is 46.4 Å². The fraction of sp³-hybridized carbons (Fsp3) is 0.200. The Morgan fingerprint density at radius 2 is 2.12 bits per heavy atom. The number of nitrogens with zero attached hydrogens (tertiary/aromatic N) is 5. The normalized spacial score (nSPS) is 17.1. The molecule has 0 spiro atoms. The van der Waals surface area contributed by atoms with Crippen LogP contribution in [-0.2, 0) is 6.42 Å². The number of rotatable bonds is 3. The summed E-state index contributed by atoms with van der Waals surface area (Å²) in [5, 5.41) is 15.2. The van der Waals surface area contributed by atoms with E-state index >= 15 is 0 Å². The molecule has 1 aliphatic heterocycles. The number of pyridine rings is 1. The number of aromatic nitrogens is 5. The second kappa shape index (κ2) is 6.21. The van der Waals surface area contributed by atoms with Gasteiger partial charge in [0.05, 0.1) is 11.2 Å². The van der Waals surface area contributed by atoms with E-state index in [0.717, 1.165) is 34.5 Å². The highest BCUT2D eigenvalue weighted by Gasteiger charge is 2.17. The van der Waals surface area contributed by atoms with Crippen molar-refractivity contribution < 1.29 is 0 Å². The van der Waals surface area contributed by atoms with Gasteiger partial charge < -0.3 is 0 Å². The third-order valence-electron chi connectivity index (χ3n) is 4.57. The molecule has 0 radical (unpaired) electrons. The molecule has 0 bridgehead atoms. The van der Waals surface area contributed by atoms with E-state index in [4.69, 9.17) is 5.10 Å². The van der Waals surface area contributed by atoms with Crippen LogP contribution >= 0.6 is 11.8 Å². The molecule has 0 saturated heterocycles. The zero-order valence-corrected chi connectivity index (χ0v) is 15.1. The summed E-state index contributed by atoms with van der Waals surface area (Å²) in [5.74, 6) is 0.849. The number of allylic oxidation sites excluding steroid dienone is 1. The molecule has 26 heavy (non-hydrogen) atoms. The Morgan fingerprint density at radius 1 is 1.15 bits per heavy atom. The minimum Gasteiger partial charge on any atom is -0.256 e. The Morgan fingerprint density at radius 3 is 3.00 bits per heavy atom. The van der Waals surface area contributed by atoms with Gasteiger partial charge in [-0.25, -0.2) is 0 Å². The molecule has 0 aliphatic carbocycles. The van der Waals surface area contributed by atoms with E-state index in [1.165, 1.54) is 10.5 Å². The Labute approximate surface area is 155 Å². The average molecular weight is 359 g/mol. The molecule has 4 heterocycles. The van der Waals surface area contributed by atoms with E-state index in [-0.39, 0.29) is 0 Å². The van der Waals surface area contributed by atoms with Gasteiger partial charge in [-0.15, -0.1) is 22.0 Å². The molecule has 1 aliphatic rings. The van der Waals surface area contributed by atoms with Crippen LogP contribution in [0.3, 0.4) is 0 Å². The van der Waals surface area contributed by atoms with Gasteiger partial charge in [0.15, 0.2) is 11.5 Å². The van der Waals surface area contributed by atoms with Gasteiger partial charge in [-0.05, 0) is 42.3 Å². The zero-order chi connectivity index (χ0) is 17.5. The number of hydrogen-bond acceptors (Lipinski definition) is 5. The van der Waals surface area contributed by atoms with Gasteiger partial charge in [-0.3, -0.25) is 4.98 Å². The Hall–Kier alpha value is -2.73. The van der Waals surface area contributed by atoms with Gasteiger partial charge in [0, 0.05) is 28.2 Å². The van der Waals surface area contributed by atoms with Crippen LogP contribution in [0.5, 0.6) is 0 Å². The predicted molar refractivity (Wildman–Crippen MR) is 105 cm³/mol. The van der Waals surface area contributed by atoms with Crippen molar-refractivity contribution in [2.75, 3.05) is 0 Å². The first-order chi connectivity index (χ1) is 12.8. The summed E-state index contributed by atoms with van der Waals surface area (Å²) in [6.45, 7) is 2.24. The van der Waals surface area contributed by atoms with Crippen LogP contribution < -0.4 is 0 Å². The summed E-state index contributed by atoms with van der Waals surface area (Å²) in [6.07, 6.45) is 5.87. The largest absolute Gasteiger partial charge is 0.256 e. The molecule has 1 unspecified atom stereocenters. The first-order valence-electron chi connectivity index (χ1n) is 8.68. The molecule has 0 N–H and O–H groups in total. The predicted octanol–water partition coefficient (Wildman–Crippen LogP) is 4.13. The molecule has 1 atom stereocenters. The summed E-state index contributed by atoms with van der Waals surface area (Å²) >= 11 is 1.88. The Balaban J connectivity index is 1.51. The lowest BCUT2D eigenvalue weighted by Gasteiger charge is -2.05. The number of thioether (sulfide) groups is 1. The molecule has 0 saturated carbocycles. The van der Waals surface area contributed by atoms with Crippen molar-refractivity contribution >= 4 is 33.2 Å². The van der Waals surface area contributed by atoms with Crippen molar-refractivity contribution in [3.05, 3.63) is 71.8 Å². The molecule has 0 amide bonds. The highest BCUT2D eigenvalue weighted by molar-refractivity contribution is 8.09. The molecule has 6 heteroatoms. The minimum atomic E-state index is 0.620. The lowest BCUT2D eigenvalue weighted by molar-refractivity contribution is 0.833. The summed E-state index contributed by atoms with van der Waals surface area (Å²) in [7, 11) is 0. The SMILES string of the molecule is CC1CC=C(c2ccc3nnc(Cc4ccc5ncccc5c4)n3n2)S1. The third kappa shape index (κ3) is 2.76. The van der Waals surface area contributed by atoms with Gasteiger partial charge in [-0.1, -0.05) is 25.1 Å². The second-order valence-electron chi connectivity index (χ2n) is 6.54. The van der Waals surface area contributed by atoms with Gasteiger partial charge >= 0.3 is 0 Å². The van der Waals surface area contributed by atoms with Crippen LogP contribution in [0.2, 0.25) is 0 Å². The Bertz CT molecular complexity index is 1150. The van der Waals surface area contributed by atoms with E-state index in [1.54, 1.807) is 0 Å². The maximum Gasteiger partial charge on any atom is 0.177 e. The maximum atomic E-state index is 4.80. The maximum absolute atomic E-state index is 4.80. The highest BCUT2D eigenvalue weighted by atomic mass is 32.2. The lowest BCUT2D eigenvalue weighted by Crippen LogP contribution is -2.02. The molecule has 4 aromatic rings. The van der Waals surface area contributed by atoms with Crippen LogP contribution in [0, 0.1) is 0 Å². The van der Waals surface area contributed by atoms with Gasteiger partial charge in [0.2, 0.25) is 0 Å².